The van der Waals surface area contributed by atoms with Crippen LogP contribution in [-0.2, 0) is 30.4 Å². The van der Waals surface area contributed by atoms with Crippen LogP contribution in [0.15, 0.2) is 30.5 Å². The summed E-state index contributed by atoms with van der Waals surface area (Å²) in [6.07, 6.45) is 2.20. The highest BCUT2D eigenvalue weighted by Crippen LogP contribution is 2.19. The third-order valence-corrected chi connectivity index (χ3v) is 6.50. The normalized spacial score (nSPS) is 14.1. The first-order valence-corrected chi connectivity index (χ1v) is 13.2. The Morgan fingerprint density at radius 2 is 1.54 bits per heavy atom. The summed E-state index contributed by atoms with van der Waals surface area (Å²) in [6.45, 7) is 0.386. The van der Waals surface area contributed by atoms with Gasteiger partial charge in [0.25, 0.3) is 0 Å². The van der Waals surface area contributed by atoms with Gasteiger partial charge in [0.2, 0.25) is 17.7 Å². The first-order chi connectivity index (χ1) is 18.6. The maximum Gasteiger partial charge on any atom is 0.326 e. The number of hydrogen-bond donors (Lipinski definition) is 9. The molecule has 0 fully saturated rings. The fourth-order valence-electron chi connectivity index (χ4n) is 3.92. The number of carbonyl (C=O) groups is 5. The molecule has 13 nitrogen and oxygen atoms in total. The average molecular weight is 565 g/mol. The highest BCUT2D eigenvalue weighted by Gasteiger charge is 2.31. The highest BCUT2D eigenvalue weighted by atomic mass is 32.1. The van der Waals surface area contributed by atoms with Gasteiger partial charge in [0.1, 0.15) is 18.1 Å². The van der Waals surface area contributed by atoms with E-state index in [1.165, 1.54) is 0 Å². The molecule has 214 valence electrons. The number of carboxylic acid groups (broad SMARTS) is 2. The van der Waals surface area contributed by atoms with Crippen LogP contribution in [0.1, 0.15) is 37.7 Å². The van der Waals surface area contributed by atoms with Gasteiger partial charge in [0.05, 0.1) is 6.04 Å². The molecule has 0 aliphatic heterocycles. The number of amides is 3. The van der Waals surface area contributed by atoms with Crippen molar-refractivity contribution in [2.24, 2.45) is 11.5 Å². The van der Waals surface area contributed by atoms with Crippen molar-refractivity contribution in [1.29, 1.82) is 0 Å². The summed E-state index contributed by atoms with van der Waals surface area (Å²) in [5.41, 5.74) is 12.8. The molecule has 0 saturated heterocycles. The fraction of sp³-hybridized carbons (Fsp3) is 0.480. The number of thiol groups is 1. The van der Waals surface area contributed by atoms with Crippen LogP contribution in [0.5, 0.6) is 0 Å². The van der Waals surface area contributed by atoms with Crippen molar-refractivity contribution in [3.8, 4) is 0 Å². The van der Waals surface area contributed by atoms with Crippen LogP contribution in [-0.4, -0.2) is 81.3 Å². The smallest absolute Gasteiger partial charge is 0.326 e. The largest absolute Gasteiger partial charge is 0.481 e. The predicted molar refractivity (Wildman–Crippen MR) is 147 cm³/mol. The summed E-state index contributed by atoms with van der Waals surface area (Å²) in [5, 5.41) is 26.8. The lowest BCUT2D eigenvalue weighted by Gasteiger charge is -2.25. The van der Waals surface area contributed by atoms with Crippen molar-refractivity contribution < 1.29 is 34.2 Å². The highest BCUT2D eigenvalue weighted by molar-refractivity contribution is 7.80. The molecule has 10 N–H and O–H groups in total. The third kappa shape index (κ3) is 9.89. The number of nitrogens with one attached hydrogen (secondary N) is 4. The standard InChI is InChI=1S/C25H36N6O7S/c26-10-4-3-7-18(29-22(34)16(27)13-39)23(35)31-20(11-14-12-28-17-6-2-1-5-15(14)17)24(36)30-19(25(37)38)8-9-21(32)33/h1-2,5-6,12,16,18-20,28,39H,3-4,7-11,13,26-27H2,(H,29,34)(H,30,36)(H,31,35)(H,32,33)(H,37,38). The number of unbranched alkanes of at least 4 members (excludes halogenated alkanes) is 1. The van der Waals surface area contributed by atoms with Crippen LogP contribution < -0.4 is 27.4 Å². The zero-order valence-electron chi connectivity index (χ0n) is 21.4. The number of fused-ring (bicyclic) bond motifs is 1. The number of hydrogen-bond acceptors (Lipinski definition) is 8. The first kappa shape index (κ1) is 31.6. The Kier molecular flexibility index (Phi) is 12.7. The van der Waals surface area contributed by atoms with Crippen molar-refractivity contribution in [1.82, 2.24) is 20.9 Å². The zero-order valence-corrected chi connectivity index (χ0v) is 22.3. The molecular weight excluding hydrogens is 528 g/mol. The number of rotatable bonds is 17. The van der Waals surface area contributed by atoms with E-state index in [-0.39, 0.29) is 25.0 Å². The van der Waals surface area contributed by atoms with E-state index >= 15 is 0 Å². The van der Waals surface area contributed by atoms with Crippen LogP contribution in [0.25, 0.3) is 10.9 Å². The Balaban J connectivity index is 2.31. The van der Waals surface area contributed by atoms with Crippen molar-refractivity contribution in [3.05, 3.63) is 36.0 Å². The van der Waals surface area contributed by atoms with E-state index in [1.807, 2.05) is 24.3 Å². The maximum absolute atomic E-state index is 13.3. The Morgan fingerprint density at radius 3 is 2.18 bits per heavy atom. The Morgan fingerprint density at radius 1 is 0.897 bits per heavy atom. The number of aromatic nitrogens is 1. The number of aliphatic carboxylic acids is 2. The molecule has 0 spiro atoms. The van der Waals surface area contributed by atoms with Gasteiger partial charge < -0.3 is 42.6 Å². The third-order valence-electron chi connectivity index (χ3n) is 6.11. The lowest BCUT2D eigenvalue weighted by atomic mass is 10.0. The van der Waals surface area contributed by atoms with Crippen LogP contribution in [0, 0.1) is 0 Å². The second kappa shape index (κ2) is 15.7. The van der Waals surface area contributed by atoms with Crippen molar-refractivity contribution in [3.63, 3.8) is 0 Å². The lowest BCUT2D eigenvalue weighted by Crippen LogP contribution is -2.57. The molecule has 0 bridgehead atoms. The van der Waals surface area contributed by atoms with Crippen LogP contribution >= 0.6 is 12.6 Å². The van der Waals surface area contributed by atoms with Gasteiger partial charge in [-0.25, -0.2) is 4.79 Å². The molecule has 39 heavy (non-hydrogen) atoms. The van der Waals surface area contributed by atoms with Gasteiger partial charge in [-0.05, 0) is 43.9 Å². The van der Waals surface area contributed by atoms with E-state index in [9.17, 15) is 29.1 Å². The number of H-pyrrole nitrogens is 1. The molecule has 1 heterocycles. The summed E-state index contributed by atoms with van der Waals surface area (Å²) < 4.78 is 0. The van der Waals surface area contributed by atoms with E-state index in [1.54, 1.807) is 6.20 Å². The number of carboxylic acids is 2. The number of benzene rings is 1. The Hall–Kier alpha value is -3.62. The quantitative estimate of drug-likeness (QED) is 0.0889. The number of para-hydroxylation sites is 1. The summed E-state index contributed by atoms with van der Waals surface area (Å²) in [6, 6.07) is 2.61. The molecule has 0 aliphatic rings. The lowest BCUT2D eigenvalue weighted by molar-refractivity contribution is -0.143. The van der Waals surface area contributed by atoms with Gasteiger partial charge in [-0.2, -0.15) is 12.6 Å². The van der Waals surface area contributed by atoms with Crippen molar-refractivity contribution >= 4 is 53.2 Å². The Labute approximate surface area is 230 Å². The monoisotopic (exact) mass is 564 g/mol. The van der Waals surface area contributed by atoms with Gasteiger partial charge in [-0.1, -0.05) is 18.2 Å². The zero-order chi connectivity index (χ0) is 28.9. The fourth-order valence-corrected chi connectivity index (χ4v) is 4.09. The summed E-state index contributed by atoms with van der Waals surface area (Å²) >= 11 is 4.01. The van der Waals surface area contributed by atoms with Gasteiger partial charge >= 0.3 is 11.9 Å². The molecular formula is C25H36N6O7S. The molecule has 2 aromatic rings. The van der Waals surface area contributed by atoms with Gasteiger partial charge in [0.15, 0.2) is 0 Å². The predicted octanol–water partition coefficient (Wildman–Crippen LogP) is -0.500. The topological polar surface area (TPSA) is 230 Å². The molecule has 0 radical (unpaired) electrons. The molecule has 0 aliphatic carbocycles. The molecule has 1 aromatic carbocycles. The van der Waals surface area contributed by atoms with Crippen LogP contribution in [0.4, 0.5) is 0 Å². The number of carbonyl (C=O) groups excluding carboxylic acids is 3. The summed E-state index contributed by atoms with van der Waals surface area (Å²) in [7, 11) is 0. The molecule has 4 unspecified atom stereocenters. The van der Waals surface area contributed by atoms with Crippen molar-refractivity contribution in [2.45, 2.75) is 62.7 Å². The van der Waals surface area contributed by atoms with E-state index < -0.39 is 60.2 Å². The minimum Gasteiger partial charge on any atom is -0.481 e. The Bertz CT molecular complexity index is 1160. The molecule has 4 atom stereocenters. The van der Waals surface area contributed by atoms with E-state index in [4.69, 9.17) is 16.6 Å². The van der Waals surface area contributed by atoms with Gasteiger partial charge in [-0.3, -0.25) is 19.2 Å². The van der Waals surface area contributed by atoms with E-state index in [0.29, 0.717) is 24.9 Å². The maximum atomic E-state index is 13.3. The molecule has 2 rings (SSSR count). The van der Waals surface area contributed by atoms with E-state index in [2.05, 4.69) is 33.6 Å². The molecule has 0 saturated carbocycles. The van der Waals surface area contributed by atoms with E-state index in [0.717, 1.165) is 10.9 Å². The molecule has 14 heteroatoms. The minimum atomic E-state index is -1.48. The second-order valence-corrected chi connectivity index (χ2v) is 9.46. The summed E-state index contributed by atoms with van der Waals surface area (Å²) in [5.74, 6) is -4.63. The SMILES string of the molecule is NCCCCC(NC(=O)C(N)CS)C(=O)NC(Cc1c[nH]c2ccccc12)C(=O)NC(CCC(=O)O)C(=O)O. The average Bonchev–Trinajstić information content (AvgIpc) is 3.31. The first-order valence-electron chi connectivity index (χ1n) is 12.5. The molecule has 1 aromatic heterocycles. The van der Waals surface area contributed by atoms with Crippen molar-refractivity contribution in [2.75, 3.05) is 12.3 Å². The minimum absolute atomic E-state index is 0.00746. The molecule has 3 amide bonds. The second-order valence-electron chi connectivity index (χ2n) is 9.09. The van der Waals surface area contributed by atoms with Crippen LogP contribution in [0.3, 0.4) is 0 Å². The van der Waals surface area contributed by atoms with Gasteiger partial charge in [0, 0.05) is 35.7 Å². The number of nitrogens with two attached hydrogens (primary N) is 2. The van der Waals surface area contributed by atoms with Crippen LogP contribution in [0.2, 0.25) is 0 Å². The summed E-state index contributed by atoms with van der Waals surface area (Å²) in [4.78, 5) is 64.7. The number of aromatic amines is 1. The van der Waals surface area contributed by atoms with Gasteiger partial charge in [-0.15, -0.1) is 0 Å².